The van der Waals surface area contributed by atoms with Gasteiger partial charge in [-0.15, -0.1) is 0 Å². The number of rotatable bonds is 6. The van der Waals surface area contributed by atoms with Crippen molar-refractivity contribution < 1.29 is 18.0 Å². The van der Waals surface area contributed by atoms with Crippen molar-refractivity contribution in [3.63, 3.8) is 0 Å². The summed E-state index contributed by atoms with van der Waals surface area (Å²) in [7, 11) is -1.09. The van der Waals surface area contributed by atoms with E-state index in [1.165, 1.54) is 0 Å². The Kier molecular flexibility index (Phi) is 5.68. The summed E-state index contributed by atoms with van der Waals surface area (Å²) in [5.41, 5.74) is 0. The van der Waals surface area contributed by atoms with E-state index < -0.39 is 9.84 Å². The lowest BCUT2D eigenvalue weighted by Crippen LogP contribution is -2.47. The second-order valence-electron chi connectivity index (χ2n) is 7.82. The fraction of sp³-hybridized carbons (Fsp3) is 0.882. The van der Waals surface area contributed by atoms with Crippen molar-refractivity contribution >= 4 is 21.7 Å². The van der Waals surface area contributed by atoms with Crippen LogP contribution in [0.3, 0.4) is 0 Å². The Morgan fingerprint density at radius 2 is 1.80 bits per heavy atom. The number of likely N-dealkylation sites (N-methyl/N-ethyl adjacent to an activating group) is 1. The minimum Gasteiger partial charge on any atom is -0.356 e. The predicted molar refractivity (Wildman–Crippen MR) is 94.7 cm³/mol. The maximum Gasteiger partial charge on any atom is 0.236 e. The predicted octanol–water partition coefficient (Wildman–Crippen LogP) is -0.130. The average molecular weight is 372 g/mol. The van der Waals surface area contributed by atoms with Gasteiger partial charge in [0.2, 0.25) is 11.8 Å². The molecule has 1 aliphatic carbocycles. The highest BCUT2D eigenvalue weighted by Gasteiger charge is 2.33. The van der Waals surface area contributed by atoms with Gasteiger partial charge in [-0.1, -0.05) is 0 Å². The van der Waals surface area contributed by atoms with Crippen LogP contribution in [0.25, 0.3) is 0 Å². The molecule has 2 heterocycles. The third-order valence-electron chi connectivity index (χ3n) is 5.70. The first-order chi connectivity index (χ1) is 11.8. The molecule has 3 fully saturated rings. The second kappa shape index (κ2) is 7.61. The third-order valence-corrected chi connectivity index (χ3v) is 7.45. The van der Waals surface area contributed by atoms with Gasteiger partial charge in [-0.25, -0.2) is 8.42 Å². The first kappa shape index (κ1) is 18.6. The Labute approximate surface area is 150 Å². The number of hydrogen-bond donors (Lipinski definition) is 1. The Morgan fingerprint density at radius 3 is 2.36 bits per heavy atom. The van der Waals surface area contributed by atoms with Crippen LogP contribution in [-0.4, -0.2) is 80.8 Å². The van der Waals surface area contributed by atoms with Crippen molar-refractivity contribution in [3.05, 3.63) is 0 Å². The van der Waals surface area contributed by atoms with E-state index in [0.29, 0.717) is 12.3 Å². The van der Waals surface area contributed by atoms with Crippen LogP contribution in [0.1, 0.15) is 32.1 Å². The molecule has 0 bridgehead atoms. The molecule has 1 saturated carbocycles. The number of nitrogens with zero attached hydrogens (tertiary/aromatic N) is 2. The summed E-state index contributed by atoms with van der Waals surface area (Å²) in [6.45, 7) is 2.44. The number of sulfone groups is 1. The topological polar surface area (TPSA) is 86.8 Å². The minimum atomic E-state index is -2.92. The molecule has 8 heteroatoms. The summed E-state index contributed by atoms with van der Waals surface area (Å²) in [5, 5.41) is 3.03. The van der Waals surface area contributed by atoms with Crippen LogP contribution in [0.5, 0.6) is 0 Å². The van der Waals surface area contributed by atoms with Crippen LogP contribution in [0.2, 0.25) is 0 Å². The summed E-state index contributed by atoms with van der Waals surface area (Å²) >= 11 is 0. The molecule has 7 nitrogen and oxygen atoms in total. The Hall–Kier alpha value is -1.15. The highest BCUT2D eigenvalue weighted by molar-refractivity contribution is 7.91. The molecule has 3 aliphatic rings. The molecule has 1 atom stereocenters. The molecule has 25 heavy (non-hydrogen) atoms. The number of piperidine rings is 1. The van der Waals surface area contributed by atoms with Gasteiger partial charge in [0.15, 0.2) is 9.84 Å². The molecule has 142 valence electrons. The van der Waals surface area contributed by atoms with Crippen LogP contribution in [0.15, 0.2) is 0 Å². The van der Waals surface area contributed by atoms with Crippen molar-refractivity contribution in [2.75, 3.05) is 44.7 Å². The molecule has 0 radical (unpaired) electrons. The van der Waals surface area contributed by atoms with Crippen molar-refractivity contribution in [2.45, 2.75) is 38.1 Å². The average Bonchev–Trinajstić information content (AvgIpc) is 3.36. The first-order valence-electron chi connectivity index (χ1n) is 9.30. The second-order valence-corrected chi connectivity index (χ2v) is 10.0. The van der Waals surface area contributed by atoms with Gasteiger partial charge in [-0.3, -0.25) is 14.5 Å². The molecule has 3 rings (SSSR count). The normalized spacial score (nSPS) is 26.8. The van der Waals surface area contributed by atoms with Crippen LogP contribution in [-0.2, 0) is 19.4 Å². The summed E-state index contributed by atoms with van der Waals surface area (Å²) in [5.74, 6) is 1.35. The van der Waals surface area contributed by atoms with Crippen LogP contribution < -0.4 is 5.32 Å². The van der Waals surface area contributed by atoms with Gasteiger partial charge in [-0.05, 0) is 45.1 Å². The summed E-state index contributed by atoms with van der Waals surface area (Å²) in [6, 6.07) is -0.0378. The van der Waals surface area contributed by atoms with Crippen LogP contribution in [0.4, 0.5) is 0 Å². The van der Waals surface area contributed by atoms with E-state index in [2.05, 4.69) is 5.32 Å². The van der Waals surface area contributed by atoms with Gasteiger partial charge in [0, 0.05) is 31.6 Å². The molecule has 1 unspecified atom stereocenters. The highest BCUT2D eigenvalue weighted by Crippen LogP contribution is 2.29. The molecule has 0 aromatic carbocycles. The lowest BCUT2D eigenvalue weighted by atomic mass is 9.96. The number of nitrogens with one attached hydrogen (secondary N) is 1. The fourth-order valence-electron chi connectivity index (χ4n) is 3.69. The largest absolute Gasteiger partial charge is 0.356 e. The molecule has 2 saturated heterocycles. The van der Waals surface area contributed by atoms with E-state index in [0.717, 1.165) is 45.3 Å². The van der Waals surface area contributed by atoms with Crippen LogP contribution in [0, 0.1) is 11.8 Å². The van der Waals surface area contributed by atoms with E-state index in [1.807, 2.05) is 16.8 Å². The van der Waals surface area contributed by atoms with Gasteiger partial charge in [-0.2, -0.15) is 0 Å². The Bertz CT molecular complexity index is 609. The van der Waals surface area contributed by atoms with Crippen molar-refractivity contribution in [2.24, 2.45) is 11.8 Å². The molecule has 2 aliphatic heterocycles. The quantitative estimate of drug-likeness (QED) is 0.703. The Balaban J connectivity index is 1.37. The standard InChI is InChI=1S/C17H29N3O4S/c1-19(15-6-9-25(23,24)12-15)11-16(21)20-7-4-13(5-8-20)10-18-17(22)14-2-3-14/h13-15H,2-12H2,1H3,(H,18,22). The molecule has 0 aromatic heterocycles. The minimum absolute atomic E-state index is 0.0378. The zero-order valence-electron chi connectivity index (χ0n) is 14.9. The van der Waals surface area contributed by atoms with E-state index in [9.17, 15) is 18.0 Å². The smallest absolute Gasteiger partial charge is 0.236 e. The third kappa shape index (κ3) is 5.17. The Morgan fingerprint density at radius 1 is 1.12 bits per heavy atom. The maximum atomic E-state index is 12.5. The van der Waals surface area contributed by atoms with E-state index >= 15 is 0 Å². The zero-order chi connectivity index (χ0) is 18.0. The molecule has 0 aromatic rings. The van der Waals surface area contributed by atoms with E-state index in [-0.39, 0.29) is 41.8 Å². The number of carbonyl (C=O) groups excluding carboxylic acids is 2. The number of amides is 2. The number of carbonyl (C=O) groups is 2. The molecular weight excluding hydrogens is 342 g/mol. The number of likely N-dealkylation sites (tertiary alicyclic amines) is 1. The van der Waals surface area contributed by atoms with E-state index in [4.69, 9.17) is 0 Å². The summed E-state index contributed by atoms with van der Waals surface area (Å²) in [4.78, 5) is 27.9. The van der Waals surface area contributed by atoms with Crippen molar-refractivity contribution in [1.29, 1.82) is 0 Å². The van der Waals surface area contributed by atoms with Gasteiger partial charge in [0.25, 0.3) is 0 Å². The van der Waals surface area contributed by atoms with Crippen molar-refractivity contribution in [3.8, 4) is 0 Å². The molecule has 0 spiro atoms. The van der Waals surface area contributed by atoms with E-state index in [1.54, 1.807) is 0 Å². The SMILES string of the molecule is CN(CC(=O)N1CCC(CNC(=O)C2CC2)CC1)C1CCS(=O)(=O)C1. The first-order valence-corrected chi connectivity index (χ1v) is 11.1. The lowest BCUT2D eigenvalue weighted by Gasteiger charge is -2.34. The highest BCUT2D eigenvalue weighted by atomic mass is 32.2. The maximum absolute atomic E-state index is 12.5. The lowest BCUT2D eigenvalue weighted by molar-refractivity contribution is -0.134. The summed E-state index contributed by atoms with van der Waals surface area (Å²) < 4.78 is 23.1. The van der Waals surface area contributed by atoms with Gasteiger partial charge >= 0.3 is 0 Å². The van der Waals surface area contributed by atoms with Gasteiger partial charge in [0.05, 0.1) is 18.1 Å². The van der Waals surface area contributed by atoms with Gasteiger partial charge < -0.3 is 10.2 Å². The number of hydrogen-bond acceptors (Lipinski definition) is 5. The fourth-order valence-corrected chi connectivity index (χ4v) is 5.49. The monoisotopic (exact) mass is 371 g/mol. The van der Waals surface area contributed by atoms with Crippen molar-refractivity contribution in [1.82, 2.24) is 15.1 Å². The summed E-state index contributed by atoms with van der Waals surface area (Å²) in [6.07, 6.45) is 4.49. The molecular formula is C17H29N3O4S. The van der Waals surface area contributed by atoms with Gasteiger partial charge in [0.1, 0.15) is 0 Å². The van der Waals surface area contributed by atoms with Crippen LogP contribution >= 0.6 is 0 Å². The molecule has 1 N–H and O–H groups in total. The zero-order valence-corrected chi connectivity index (χ0v) is 15.8. The molecule has 2 amide bonds.